The lowest BCUT2D eigenvalue weighted by atomic mass is 9.72. The first-order valence-electron chi connectivity index (χ1n) is 10.2. The Labute approximate surface area is 167 Å². The molecule has 0 aromatic heterocycles. The molecule has 0 saturated carbocycles. The molecule has 0 atom stereocenters. The minimum Gasteiger partial charge on any atom is -0.369 e. The van der Waals surface area contributed by atoms with E-state index in [9.17, 15) is 9.59 Å². The number of carbonyl (C=O) groups excluding carboxylic acids is 2. The number of aryl methyl sites for hydroxylation is 1. The molecule has 0 radical (unpaired) electrons. The van der Waals surface area contributed by atoms with Crippen molar-refractivity contribution in [2.45, 2.75) is 46.0 Å². The third-order valence-electron chi connectivity index (χ3n) is 6.04. The molecule has 0 bridgehead atoms. The van der Waals surface area contributed by atoms with Crippen molar-refractivity contribution in [2.24, 2.45) is 11.1 Å². The van der Waals surface area contributed by atoms with Gasteiger partial charge in [0.05, 0.1) is 5.41 Å². The van der Waals surface area contributed by atoms with Gasteiger partial charge in [0.2, 0.25) is 11.8 Å². The average Bonchev–Trinajstić information content (AvgIpc) is 2.69. The second-order valence-electron chi connectivity index (χ2n) is 7.92. The van der Waals surface area contributed by atoms with Crippen LogP contribution in [0.15, 0.2) is 48.5 Å². The summed E-state index contributed by atoms with van der Waals surface area (Å²) in [6.07, 6.45) is 3.28. The van der Waals surface area contributed by atoms with Crippen molar-refractivity contribution in [1.29, 1.82) is 0 Å². The Morgan fingerprint density at radius 1 is 1.00 bits per heavy atom. The van der Waals surface area contributed by atoms with Crippen molar-refractivity contribution in [2.75, 3.05) is 13.1 Å². The lowest BCUT2D eigenvalue weighted by Crippen LogP contribution is -2.49. The predicted octanol–water partition coefficient (Wildman–Crippen LogP) is 4.10. The van der Waals surface area contributed by atoms with Gasteiger partial charge in [-0.15, -0.1) is 0 Å². The van der Waals surface area contributed by atoms with Gasteiger partial charge in [0.15, 0.2) is 0 Å². The number of carbonyl (C=O) groups is 2. The predicted molar refractivity (Wildman–Crippen MR) is 113 cm³/mol. The quantitative estimate of drug-likeness (QED) is 0.822. The number of rotatable bonds is 6. The standard InChI is InChI=1S/C24H30N2O2/c1-3-8-22(27)26-15-13-24(14-16-26,23(25)28)17-19-10-5-7-12-21(19)20-11-6-4-9-18(20)2/h4-7,9-12H,3,8,13-17H2,1-2H3,(H2,25,28). The summed E-state index contributed by atoms with van der Waals surface area (Å²) < 4.78 is 0. The van der Waals surface area contributed by atoms with E-state index in [2.05, 4.69) is 31.2 Å². The highest BCUT2D eigenvalue weighted by molar-refractivity contribution is 5.83. The molecule has 2 amide bonds. The van der Waals surface area contributed by atoms with Gasteiger partial charge in [-0.2, -0.15) is 0 Å². The van der Waals surface area contributed by atoms with Crippen LogP contribution in [0.25, 0.3) is 11.1 Å². The van der Waals surface area contributed by atoms with Gasteiger partial charge in [0, 0.05) is 19.5 Å². The molecule has 0 aliphatic carbocycles. The number of primary amides is 1. The van der Waals surface area contributed by atoms with E-state index in [0.29, 0.717) is 38.8 Å². The molecule has 4 nitrogen and oxygen atoms in total. The molecule has 1 aliphatic rings. The zero-order chi connectivity index (χ0) is 20.1. The van der Waals surface area contributed by atoms with E-state index in [-0.39, 0.29) is 11.8 Å². The van der Waals surface area contributed by atoms with Gasteiger partial charge in [0.1, 0.15) is 0 Å². The minimum absolute atomic E-state index is 0.181. The van der Waals surface area contributed by atoms with Crippen LogP contribution in [0, 0.1) is 12.3 Å². The molecule has 0 unspecified atom stereocenters. The van der Waals surface area contributed by atoms with Gasteiger partial charge in [-0.1, -0.05) is 55.5 Å². The number of nitrogens with two attached hydrogens (primary N) is 1. The summed E-state index contributed by atoms with van der Waals surface area (Å²) in [4.78, 5) is 26.6. The Morgan fingerprint density at radius 2 is 1.61 bits per heavy atom. The molecule has 148 valence electrons. The van der Waals surface area contributed by atoms with Crippen LogP contribution in [0.4, 0.5) is 0 Å². The van der Waals surface area contributed by atoms with Gasteiger partial charge in [0.25, 0.3) is 0 Å². The lowest BCUT2D eigenvalue weighted by molar-refractivity contribution is -0.139. The highest BCUT2D eigenvalue weighted by Crippen LogP contribution is 2.38. The van der Waals surface area contributed by atoms with Crippen molar-refractivity contribution in [3.63, 3.8) is 0 Å². The van der Waals surface area contributed by atoms with E-state index in [1.807, 2.05) is 36.1 Å². The second kappa shape index (κ2) is 8.59. The maximum atomic E-state index is 12.5. The van der Waals surface area contributed by atoms with Crippen molar-refractivity contribution >= 4 is 11.8 Å². The Hall–Kier alpha value is -2.62. The molecular weight excluding hydrogens is 348 g/mol. The number of likely N-dealkylation sites (tertiary alicyclic amines) is 1. The van der Waals surface area contributed by atoms with Crippen LogP contribution in [0.1, 0.15) is 43.7 Å². The summed E-state index contributed by atoms with van der Waals surface area (Å²) in [7, 11) is 0. The fraction of sp³-hybridized carbons (Fsp3) is 0.417. The second-order valence-corrected chi connectivity index (χ2v) is 7.92. The van der Waals surface area contributed by atoms with E-state index in [1.54, 1.807) is 0 Å². The highest BCUT2D eigenvalue weighted by Gasteiger charge is 2.41. The topological polar surface area (TPSA) is 63.4 Å². The van der Waals surface area contributed by atoms with Crippen molar-refractivity contribution in [3.8, 4) is 11.1 Å². The SMILES string of the molecule is CCCC(=O)N1CCC(Cc2ccccc2-c2ccccc2C)(C(N)=O)CC1. The fourth-order valence-electron chi connectivity index (χ4n) is 4.24. The van der Waals surface area contributed by atoms with Crippen molar-refractivity contribution in [1.82, 2.24) is 4.90 Å². The van der Waals surface area contributed by atoms with Gasteiger partial charge in [-0.3, -0.25) is 9.59 Å². The zero-order valence-electron chi connectivity index (χ0n) is 16.9. The first kappa shape index (κ1) is 20.1. The normalized spacial score (nSPS) is 16.0. The van der Waals surface area contributed by atoms with Gasteiger partial charge in [-0.25, -0.2) is 0 Å². The molecule has 3 rings (SSSR count). The monoisotopic (exact) mass is 378 g/mol. The zero-order valence-corrected chi connectivity index (χ0v) is 16.9. The smallest absolute Gasteiger partial charge is 0.224 e. The molecule has 1 fully saturated rings. The third-order valence-corrected chi connectivity index (χ3v) is 6.04. The van der Waals surface area contributed by atoms with Gasteiger partial charge < -0.3 is 10.6 Å². The molecule has 1 heterocycles. The molecule has 1 saturated heterocycles. The van der Waals surface area contributed by atoms with Crippen molar-refractivity contribution < 1.29 is 9.59 Å². The van der Waals surface area contributed by atoms with Crippen LogP contribution < -0.4 is 5.73 Å². The maximum Gasteiger partial charge on any atom is 0.224 e. The third kappa shape index (κ3) is 4.11. The van der Waals surface area contributed by atoms with Crippen LogP contribution in [-0.2, 0) is 16.0 Å². The van der Waals surface area contributed by atoms with Gasteiger partial charge in [-0.05, 0) is 54.9 Å². The maximum absolute atomic E-state index is 12.5. The number of piperidine rings is 1. The Bertz CT molecular complexity index is 851. The van der Waals surface area contributed by atoms with Crippen molar-refractivity contribution in [3.05, 3.63) is 59.7 Å². The molecule has 0 spiro atoms. The molecule has 28 heavy (non-hydrogen) atoms. The Kier molecular flexibility index (Phi) is 6.18. The number of benzene rings is 2. The van der Waals surface area contributed by atoms with E-state index in [1.165, 1.54) is 11.1 Å². The lowest BCUT2D eigenvalue weighted by Gasteiger charge is -2.40. The number of hydrogen-bond acceptors (Lipinski definition) is 2. The summed E-state index contributed by atoms with van der Waals surface area (Å²) in [6, 6.07) is 16.6. The Balaban J connectivity index is 1.87. The number of hydrogen-bond donors (Lipinski definition) is 1. The summed E-state index contributed by atoms with van der Waals surface area (Å²) in [5.41, 5.74) is 10.0. The van der Waals surface area contributed by atoms with Crippen LogP contribution >= 0.6 is 0 Å². The number of amides is 2. The molecule has 2 aromatic rings. The van der Waals surface area contributed by atoms with E-state index >= 15 is 0 Å². The minimum atomic E-state index is -0.595. The largest absolute Gasteiger partial charge is 0.369 e. The van der Waals surface area contributed by atoms with E-state index in [4.69, 9.17) is 5.73 Å². The van der Waals surface area contributed by atoms with E-state index < -0.39 is 5.41 Å². The molecular formula is C24H30N2O2. The van der Waals surface area contributed by atoms with E-state index in [0.717, 1.165) is 17.5 Å². The summed E-state index contributed by atoms with van der Waals surface area (Å²) in [6.45, 7) is 5.33. The van der Waals surface area contributed by atoms with Crippen LogP contribution in [0.2, 0.25) is 0 Å². The molecule has 2 N–H and O–H groups in total. The summed E-state index contributed by atoms with van der Waals surface area (Å²) in [5, 5.41) is 0. The first-order valence-corrected chi connectivity index (χ1v) is 10.2. The first-order chi connectivity index (χ1) is 13.5. The molecule has 2 aromatic carbocycles. The fourth-order valence-corrected chi connectivity index (χ4v) is 4.24. The summed E-state index contributed by atoms with van der Waals surface area (Å²) >= 11 is 0. The molecule has 1 aliphatic heterocycles. The average molecular weight is 379 g/mol. The highest BCUT2D eigenvalue weighted by atomic mass is 16.2. The van der Waals surface area contributed by atoms with Crippen LogP contribution in [0.5, 0.6) is 0 Å². The molecule has 4 heteroatoms. The van der Waals surface area contributed by atoms with Crippen LogP contribution in [0.3, 0.4) is 0 Å². The van der Waals surface area contributed by atoms with Gasteiger partial charge >= 0.3 is 0 Å². The number of nitrogens with zero attached hydrogens (tertiary/aromatic N) is 1. The Morgan fingerprint density at radius 3 is 2.21 bits per heavy atom. The van der Waals surface area contributed by atoms with Crippen LogP contribution in [-0.4, -0.2) is 29.8 Å². The summed E-state index contributed by atoms with van der Waals surface area (Å²) in [5.74, 6) is -0.0736.